The molecule has 0 saturated carbocycles. The lowest BCUT2D eigenvalue weighted by Gasteiger charge is -2.16. The summed E-state index contributed by atoms with van der Waals surface area (Å²) in [5, 5.41) is 15.1. The highest BCUT2D eigenvalue weighted by Crippen LogP contribution is 2.34. The standard InChI is InChI=1S/C22H19N5OS/c28-21(23-16-17-10-4-1-5-11-17)20(18-12-6-2-7-13-18)29-22-24-25-26-27(22)19-14-8-3-9-15-19/h1-15,20H,16H2,(H,23,28)/t20-/m0/s1. The smallest absolute Gasteiger partial charge is 0.238 e. The third-order valence-corrected chi connectivity index (χ3v) is 5.50. The molecule has 0 aliphatic heterocycles. The molecule has 144 valence electrons. The number of hydrogen-bond donors (Lipinski definition) is 1. The van der Waals surface area contributed by atoms with E-state index in [0.29, 0.717) is 11.7 Å². The number of nitrogens with zero attached hydrogens (tertiary/aromatic N) is 4. The van der Waals surface area contributed by atoms with Crippen molar-refractivity contribution in [3.63, 3.8) is 0 Å². The van der Waals surface area contributed by atoms with E-state index in [4.69, 9.17) is 0 Å². The van der Waals surface area contributed by atoms with Gasteiger partial charge in [-0.25, -0.2) is 0 Å². The Morgan fingerprint density at radius 3 is 2.21 bits per heavy atom. The molecule has 1 N–H and O–H groups in total. The first-order valence-corrected chi connectivity index (χ1v) is 10.1. The summed E-state index contributed by atoms with van der Waals surface area (Å²) in [5.74, 6) is -0.0901. The number of aromatic nitrogens is 4. The largest absolute Gasteiger partial charge is 0.351 e. The first kappa shape index (κ1) is 18.9. The highest BCUT2D eigenvalue weighted by Gasteiger charge is 2.25. The zero-order valence-corrected chi connectivity index (χ0v) is 16.4. The molecule has 0 unspecified atom stereocenters. The molecule has 0 aliphatic carbocycles. The number of benzene rings is 3. The van der Waals surface area contributed by atoms with Crippen LogP contribution in [-0.4, -0.2) is 26.1 Å². The maximum Gasteiger partial charge on any atom is 0.238 e. The van der Waals surface area contributed by atoms with Crippen LogP contribution in [0.5, 0.6) is 0 Å². The Morgan fingerprint density at radius 1 is 0.897 bits per heavy atom. The topological polar surface area (TPSA) is 72.7 Å². The fraction of sp³-hybridized carbons (Fsp3) is 0.0909. The van der Waals surface area contributed by atoms with E-state index in [0.717, 1.165) is 16.8 Å². The number of thioether (sulfide) groups is 1. The number of tetrazole rings is 1. The Bertz CT molecular complexity index is 1050. The molecule has 0 fully saturated rings. The Morgan fingerprint density at radius 2 is 1.52 bits per heavy atom. The molecule has 0 radical (unpaired) electrons. The molecule has 1 atom stereocenters. The van der Waals surface area contributed by atoms with Gasteiger partial charge in [0.25, 0.3) is 0 Å². The number of hydrogen-bond acceptors (Lipinski definition) is 5. The number of carbonyl (C=O) groups excluding carboxylic acids is 1. The van der Waals surface area contributed by atoms with Crippen LogP contribution in [0.25, 0.3) is 5.69 Å². The van der Waals surface area contributed by atoms with Crippen LogP contribution in [0.1, 0.15) is 16.4 Å². The van der Waals surface area contributed by atoms with Crippen molar-refractivity contribution in [2.24, 2.45) is 0 Å². The summed E-state index contributed by atoms with van der Waals surface area (Å²) in [6, 6.07) is 29.1. The molecule has 0 bridgehead atoms. The van der Waals surface area contributed by atoms with Gasteiger partial charge in [0.15, 0.2) is 0 Å². The normalized spacial score (nSPS) is 11.7. The molecule has 0 spiro atoms. The molecule has 4 aromatic rings. The van der Waals surface area contributed by atoms with Gasteiger partial charge in [0, 0.05) is 6.54 Å². The highest BCUT2D eigenvalue weighted by molar-refractivity contribution is 8.00. The van der Waals surface area contributed by atoms with Crippen LogP contribution in [-0.2, 0) is 11.3 Å². The Hall–Kier alpha value is -3.45. The maximum atomic E-state index is 13.1. The number of nitrogens with one attached hydrogen (secondary N) is 1. The molecule has 29 heavy (non-hydrogen) atoms. The Kier molecular flexibility index (Phi) is 5.97. The van der Waals surface area contributed by atoms with Gasteiger partial charge in [-0.15, -0.1) is 5.10 Å². The summed E-state index contributed by atoms with van der Waals surface area (Å²) in [6.45, 7) is 0.465. The fourth-order valence-corrected chi connectivity index (χ4v) is 3.89. The van der Waals surface area contributed by atoms with Gasteiger partial charge in [-0.1, -0.05) is 90.6 Å². The zero-order valence-electron chi connectivity index (χ0n) is 15.6. The van der Waals surface area contributed by atoms with E-state index in [2.05, 4.69) is 20.8 Å². The van der Waals surface area contributed by atoms with E-state index in [1.807, 2.05) is 91.0 Å². The second kappa shape index (κ2) is 9.16. The van der Waals surface area contributed by atoms with E-state index >= 15 is 0 Å². The number of carbonyl (C=O) groups is 1. The number of para-hydroxylation sites is 1. The minimum absolute atomic E-state index is 0.0901. The fourth-order valence-electron chi connectivity index (χ4n) is 2.87. The summed E-state index contributed by atoms with van der Waals surface area (Å²) in [7, 11) is 0. The molecule has 6 nitrogen and oxygen atoms in total. The molecule has 7 heteroatoms. The molecule has 1 amide bonds. The maximum absolute atomic E-state index is 13.1. The van der Waals surface area contributed by atoms with E-state index in [9.17, 15) is 4.79 Å². The monoisotopic (exact) mass is 401 g/mol. The van der Waals surface area contributed by atoms with Gasteiger partial charge in [0.2, 0.25) is 11.1 Å². The first-order valence-electron chi connectivity index (χ1n) is 9.18. The van der Waals surface area contributed by atoms with E-state index in [1.54, 1.807) is 4.68 Å². The van der Waals surface area contributed by atoms with Gasteiger partial charge in [0.1, 0.15) is 5.25 Å². The van der Waals surface area contributed by atoms with Crippen LogP contribution in [0, 0.1) is 0 Å². The molecule has 0 aliphatic rings. The molecule has 4 rings (SSSR count). The van der Waals surface area contributed by atoms with Gasteiger partial charge < -0.3 is 5.32 Å². The van der Waals surface area contributed by atoms with Gasteiger partial charge in [0.05, 0.1) is 5.69 Å². The summed E-state index contributed by atoms with van der Waals surface area (Å²) in [5.41, 5.74) is 2.79. The second-order valence-electron chi connectivity index (χ2n) is 6.32. The van der Waals surface area contributed by atoms with Crippen LogP contribution in [0.4, 0.5) is 0 Å². The Labute approximate surface area is 173 Å². The zero-order chi connectivity index (χ0) is 19.9. The quantitative estimate of drug-likeness (QED) is 0.477. The molecular formula is C22H19N5OS. The number of amides is 1. The Balaban J connectivity index is 1.57. The molecular weight excluding hydrogens is 382 g/mol. The van der Waals surface area contributed by atoms with Crippen molar-refractivity contribution < 1.29 is 4.79 Å². The third kappa shape index (κ3) is 4.70. The van der Waals surface area contributed by atoms with Crippen molar-refractivity contribution >= 4 is 17.7 Å². The summed E-state index contributed by atoms with van der Waals surface area (Å²) in [6.07, 6.45) is 0. The van der Waals surface area contributed by atoms with Gasteiger partial charge >= 0.3 is 0 Å². The molecule has 0 saturated heterocycles. The van der Waals surface area contributed by atoms with Crippen LogP contribution < -0.4 is 5.32 Å². The van der Waals surface area contributed by atoms with Crippen LogP contribution in [0.2, 0.25) is 0 Å². The second-order valence-corrected chi connectivity index (χ2v) is 7.39. The van der Waals surface area contributed by atoms with Crippen molar-refractivity contribution in [2.75, 3.05) is 0 Å². The van der Waals surface area contributed by atoms with Gasteiger partial charge in [-0.3, -0.25) is 4.79 Å². The van der Waals surface area contributed by atoms with E-state index < -0.39 is 5.25 Å². The van der Waals surface area contributed by atoms with E-state index in [-0.39, 0.29) is 5.91 Å². The van der Waals surface area contributed by atoms with Crippen LogP contribution in [0.3, 0.4) is 0 Å². The molecule has 1 heterocycles. The lowest BCUT2D eigenvalue weighted by molar-refractivity contribution is -0.120. The van der Waals surface area contributed by atoms with Crippen molar-refractivity contribution in [3.05, 3.63) is 102 Å². The summed E-state index contributed by atoms with van der Waals surface area (Å²) in [4.78, 5) is 13.1. The lowest BCUT2D eigenvalue weighted by Crippen LogP contribution is -2.27. The third-order valence-electron chi connectivity index (χ3n) is 4.31. The van der Waals surface area contributed by atoms with Gasteiger partial charge in [-0.2, -0.15) is 4.68 Å². The molecule has 3 aromatic carbocycles. The van der Waals surface area contributed by atoms with Crippen molar-refractivity contribution in [3.8, 4) is 5.69 Å². The minimum atomic E-state index is -0.478. The van der Waals surface area contributed by atoms with E-state index in [1.165, 1.54) is 11.8 Å². The first-order chi connectivity index (χ1) is 14.3. The SMILES string of the molecule is O=C(NCc1ccccc1)[C@@H](Sc1nnnn1-c1ccccc1)c1ccccc1. The predicted molar refractivity (Wildman–Crippen MR) is 112 cm³/mol. The average Bonchev–Trinajstić information content (AvgIpc) is 3.26. The van der Waals surface area contributed by atoms with Crippen molar-refractivity contribution in [1.82, 2.24) is 25.5 Å². The lowest BCUT2D eigenvalue weighted by atomic mass is 10.1. The van der Waals surface area contributed by atoms with Gasteiger partial charge in [-0.05, 0) is 33.7 Å². The van der Waals surface area contributed by atoms with Crippen LogP contribution in [0.15, 0.2) is 96.2 Å². The summed E-state index contributed by atoms with van der Waals surface area (Å²) >= 11 is 1.33. The van der Waals surface area contributed by atoms with Crippen LogP contribution >= 0.6 is 11.8 Å². The number of rotatable bonds is 7. The molecule has 1 aromatic heterocycles. The van der Waals surface area contributed by atoms with Crippen molar-refractivity contribution in [1.29, 1.82) is 0 Å². The minimum Gasteiger partial charge on any atom is -0.351 e. The highest BCUT2D eigenvalue weighted by atomic mass is 32.2. The predicted octanol–water partition coefficient (Wildman–Crippen LogP) is 3.81. The summed E-state index contributed by atoms with van der Waals surface area (Å²) < 4.78 is 1.64. The van der Waals surface area contributed by atoms with Crippen molar-refractivity contribution in [2.45, 2.75) is 17.0 Å². The average molecular weight is 401 g/mol.